The predicted molar refractivity (Wildman–Crippen MR) is 67.2 cm³/mol. The average molecular weight is 207 g/mol. The molecule has 0 N–H and O–H groups in total. The molecule has 0 aliphatic carbocycles. The van der Waals surface area contributed by atoms with Crippen molar-refractivity contribution in [2.75, 3.05) is 0 Å². The van der Waals surface area contributed by atoms with Crippen molar-refractivity contribution in [3.05, 3.63) is 43.8 Å². The van der Waals surface area contributed by atoms with Gasteiger partial charge in [0, 0.05) is 0 Å². The van der Waals surface area contributed by atoms with Crippen molar-refractivity contribution in [1.82, 2.24) is 0 Å². The standard InChI is InChI=1S/C14H23O/c1-3-4-5-6-7-8-9-10-11-12-13-14-15-2/h9-14H,2-8H2,1H3. The van der Waals surface area contributed by atoms with Crippen LogP contribution in [0.4, 0.5) is 0 Å². The predicted octanol–water partition coefficient (Wildman–Crippen LogP) is 4.78. The lowest BCUT2D eigenvalue weighted by molar-refractivity contribution is 0.394. The summed E-state index contributed by atoms with van der Waals surface area (Å²) in [5.74, 6) is 0. The maximum atomic E-state index is 4.52. The van der Waals surface area contributed by atoms with Crippen molar-refractivity contribution in [3.63, 3.8) is 0 Å². The summed E-state index contributed by atoms with van der Waals surface area (Å²) in [5, 5.41) is 0. The molecular formula is C14H23O. The molecular weight excluding hydrogens is 184 g/mol. The van der Waals surface area contributed by atoms with Crippen LogP contribution in [0.2, 0.25) is 0 Å². The lowest BCUT2D eigenvalue weighted by Crippen LogP contribution is -1.75. The van der Waals surface area contributed by atoms with Gasteiger partial charge in [-0.05, 0) is 18.9 Å². The summed E-state index contributed by atoms with van der Waals surface area (Å²) < 4.78 is 4.52. The van der Waals surface area contributed by atoms with E-state index in [1.165, 1.54) is 38.5 Å². The molecule has 0 unspecified atom stereocenters. The Balaban J connectivity index is 3.23. The van der Waals surface area contributed by atoms with Crippen LogP contribution in [0.25, 0.3) is 0 Å². The Morgan fingerprint density at radius 1 is 0.933 bits per heavy atom. The van der Waals surface area contributed by atoms with Crippen molar-refractivity contribution in [3.8, 4) is 0 Å². The van der Waals surface area contributed by atoms with E-state index in [-0.39, 0.29) is 0 Å². The molecule has 1 radical (unpaired) electrons. The van der Waals surface area contributed by atoms with E-state index in [9.17, 15) is 0 Å². The van der Waals surface area contributed by atoms with E-state index in [2.05, 4.69) is 30.9 Å². The normalized spacial score (nSPS) is 12.1. The minimum absolute atomic E-state index is 1.18. The lowest BCUT2D eigenvalue weighted by atomic mass is 10.1. The van der Waals surface area contributed by atoms with E-state index in [0.717, 1.165) is 0 Å². The molecule has 0 aromatic heterocycles. The third-order valence-electron chi connectivity index (χ3n) is 2.12. The quantitative estimate of drug-likeness (QED) is 0.300. The largest absolute Gasteiger partial charge is 0.498 e. The van der Waals surface area contributed by atoms with Crippen molar-refractivity contribution < 1.29 is 4.74 Å². The van der Waals surface area contributed by atoms with Crippen molar-refractivity contribution in [2.45, 2.75) is 45.4 Å². The van der Waals surface area contributed by atoms with Gasteiger partial charge in [0.25, 0.3) is 0 Å². The summed E-state index contributed by atoms with van der Waals surface area (Å²) in [6.07, 6.45) is 19.5. The van der Waals surface area contributed by atoms with Crippen LogP contribution in [0.5, 0.6) is 0 Å². The Hall–Kier alpha value is -0.980. The molecule has 1 heteroatoms. The summed E-state index contributed by atoms with van der Waals surface area (Å²) in [6, 6.07) is 0. The van der Waals surface area contributed by atoms with E-state index >= 15 is 0 Å². The van der Waals surface area contributed by atoms with Crippen LogP contribution in [-0.2, 0) is 4.74 Å². The highest BCUT2D eigenvalue weighted by atomic mass is 16.5. The first-order valence-corrected chi connectivity index (χ1v) is 5.81. The van der Waals surface area contributed by atoms with Crippen molar-refractivity contribution in [2.24, 2.45) is 0 Å². The van der Waals surface area contributed by atoms with Gasteiger partial charge in [0.15, 0.2) is 0 Å². The molecule has 85 valence electrons. The molecule has 0 saturated carbocycles. The summed E-state index contributed by atoms with van der Waals surface area (Å²) in [5.41, 5.74) is 0. The van der Waals surface area contributed by atoms with Gasteiger partial charge in [0.1, 0.15) is 7.11 Å². The second kappa shape index (κ2) is 13.0. The van der Waals surface area contributed by atoms with E-state index in [4.69, 9.17) is 0 Å². The first-order chi connectivity index (χ1) is 7.41. The Bertz CT molecular complexity index is 190. The van der Waals surface area contributed by atoms with Gasteiger partial charge in [-0.25, -0.2) is 0 Å². The molecule has 0 aromatic rings. The molecule has 0 bridgehead atoms. The fraction of sp³-hybridized carbons (Fsp3) is 0.500. The zero-order valence-corrected chi connectivity index (χ0v) is 9.82. The maximum absolute atomic E-state index is 4.52. The molecule has 0 spiro atoms. The number of ether oxygens (including phenoxy) is 1. The van der Waals surface area contributed by atoms with Gasteiger partial charge in [-0.1, -0.05) is 56.9 Å². The Morgan fingerprint density at radius 3 is 2.40 bits per heavy atom. The zero-order chi connectivity index (χ0) is 11.2. The first-order valence-electron chi connectivity index (χ1n) is 5.81. The fourth-order valence-corrected chi connectivity index (χ4v) is 1.27. The van der Waals surface area contributed by atoms with Crippen LogP contribution >= 0.6 is 0 Å². The highest BCUT2D eigenvalue weighted by Crippen LogP contribution is 2.05. The summed E-state index contributed by atoms with van der Waals surface area (Å²) in [7, 11) is 3.23. The highest BCUT2D eigenvalue weighted by molar-refractivity contribution is 5.09. The fourth-order valence-electron chi connectivity index (χ4n) is 1.27. The Kier molecular flexibility index (Phi) is 12.2. The number of hydrogen-bond acceptors (Lipinski definition) is 1. The zero-order valence-electron chi connectivity index (χ0n) is 9.82. The van der Waals surface area contributed by atoms with Crippen LogP contribution in [0.15, 0.2) is 36.6 Å². The van der Waals surface area contributed by atoms with Gasteiger partial charge >= 0.3 is 0 Å². The smallest absolute Gasteiger partial charge is 0.121 e. The molecule has 0 saturated heterocycles. The van der Waals surface area contributed by atoms with Crippen LogP contribution in [-0.4, -0.2) is 0 Å². The molecule has 0 aromatic carbocycles. The molecule has 0 amide bonds. The number of allylic oxidation sites excluding steroid dienone is 5. The van der Waals surface area contributed by atoms with E-state index in [1.807, 2.05) is 18.2 Å². The number of unbranched alkanes of at least 4 members (excludes halogenated alkanes) is 5. The Morgan fingerprint density at radius 2 is 1.67 bits per heavy atom. The van der Waals surface area contributed by atoms with Gasteiger partial charge in [-0.3, -0.25) is 0 Å². The number of rotatable bonds is 9. The summed E-state index contributed by atoms with van der Waals surface area (Å²) in [6.45, 7) is 2.24. The van der Waals surface area contributed by atoms with Crippen LogP contribution in [0.3, 0.4) is 0 Å². The molecule has 15 heavy (non-hydrogen) atoms. The summed E-state index contributed by atoms with van der Waals surface area (Å²) >= 11 is 0. The van der Waals surface area contributed by atoms with Crippen LogP contribution < -0.4 is 0 Å². The van der Waals surface area contributed by atoms with Crippen molar-refractivity contribution >= 4 is 0 Å². The third-order valence-corrected chi connectivity index (χ3v) is 2.12. The molecule has 0 heterocycles. The molecule has 1 nitrogen and oxygen atoms in total. The molecule has 0 fully saturated rings. The number of hydrogen-bond donors (Lipinski definition) is 0. The van der Waals surface area contributed by atoms with E-state index < -0.39 is 0 Å². The van der Waals surface area contributed by atoms with Gasteiger partial charge in [-0.2, -0.15) is 0 Å². The van der Waals surface area contributed by atoms with Crippen LogP contribution in [0, 0.1) is 7.11 Å². The van der Waals surface area contributed by atoms with Gasteiger partial charge in [-0.15, -0.1) is 0 Å². The average Bonchev–Trinajstić information content (AvgIpc) is 2.26. The summed E-state index contributed by atoms with van der Waals surface area (Å²) in [4.78, 5) is 0. The maximum Gasteiger partial charge on any atom is 0.121 e. The SMILES string of the molecule is [CH2]OC=CC=CC=CCCCCCCC. The molecule has 0 aliphatic rings. The minimum Gasteiger partial charge on any atom is -0.498 e. The molecule has 0 aliphatic heterocycles. The topological polar surface area (TPSA) is 9.23 Å². The lowest BCUT2D eigenvalue weighted by Gasteiger charge is -1.95. The van der Waals surface area contributed by atoms with E-state index in [0.29, 0.717) is 0 Å². The van der Waals surface area contributed by atoms with Crippen molar-refractivity contribution in [1.29, 1.82) is 0 Å². The highest BCUT2D eigenvalue weighted by Gasteiger charge is 1.85. The van der Waals surface area contributed by atoms with E-state index in [1.54, 1.807) is 6.26 Å². The second-order valence-electron chi connectivity index (χ2n) is 3.51. The third kappa shape index (κ3) is 13.0. The van der Waals surface area contributed by atoms with Gasteiger partial charge < -0.3 is 4.74 Å². The molecule has 0 atom stereocenters. The minimum atomic E-state index is 1.18. The van der Waals surface area contributed by atoms with Gasteiger partial charge in [0.2, 0.25) is 0 Å². The van der Waals surface area contributed by atoms with Crippen LogP contribution in [0.1, 0.15) is 45.4 Å². The second-order valence-corrected chi connectivity index (χ2v) is 3.51. The van der Waals surface area contributed by atoms with Gasteiger partial charge in [0.05, 0.1) is 6.26 Å². The molecule has 0 rings (SSSR count). The monoisotopic (exact) mass is 207 g/mol. The Labute approximate surface area is 94.5 Å². The first kappa shape index (κ1) is 14.0.